The number of ether oxygens (including phenoxy) is 3. The Labute approximate surface area is 183 Å². The molecule has 1 unspecified atom stereocenters. The maximum Gasteiger partial charge on any atom is 0.410 e. The van der Waals surface area contributed by atoms with E-state index in [2.05, 4.69) is 0 Å². The van der Waals surface area contributed by atoms with Crippen LogP contribution in [0, 0.1) is 11.3 Å². The number of benzene rings is 2. The van der Waals surface area contributed by atoms with Gasteiger partial charge in [0.05, 0.1) is 26.8 Å². The van der Waals surface area contributed by atoms with E-state index >= 15 is 0 Å². The predicted octanol–water partition coefficient (Wildman–Crippen LogP) is 4.32. The Morgan fingerprint density at radius 3 is 2.23 bits per heavy atom. The maximum absolute atomic E-state index is 13.1. The number of nitrogens with zero attached hydrogens (tertiary/aromatic N) is 2. The van der Waals surface area contributed by atoms with Gasteiger partial charge in [0.2, 0.25) is 0 Å². The normalized spacial score (nSPS) is 11.7. The van der Waals surface area contributed by atoms with Gasteiger partial charge in [0.1, 0.15) is 11.5 Å². The quantitative estimate of drug-likeness (QED) is 0.627. The highest BCUT2D eigenvalue weighted by Gasteiger charge is 2.28. The number of nitriles is 1. The molecule has 2 rings (SSSR count). The molecule has 0 aliphatic rings. The Kier molecular flexibility index (Phi) is 8.03. The molecule has 7 heteroatoms. The van der Waals surface area contributed by atoms with Gasteiger partial charge in [-0.1, -0.05) is 36.4 Å². The van der Waals surface area contributed by atoms with Crippen LogP contribution in [0.25, 0.3) is 0 Å². The van der Waals surface area contributed by atoms with Crippen molar-refractivity contribution >= 4 is 11.9 Å². The number of carbonyl (C=O) groups is 2. The number of amides is 1. The van der Waals surface area contributed by atoms with E-state index in [4.69, 9.17) is 14.2 Å². The van der Waals surface area contributed by atoms with Crippen molar-refractivity contribution in [3.63, 3.8) is 0 Å². The lowest BCUT2D eigenvalue weighted by atomic mass is 9.95. The van der Waals surface area contributed by atoms with Crippen molar-refractivity contribution in [2.75, 3.05) is 20.8 Å². The molecule has 0 fully saturated rings. The van der Waals surface area contributed by atoms with Crippen molar-refractivity contribution in [3.8, 4) is 17.6 Å². The average molecular weight is 424 g/mol. The number of hydrogen-bond acceptors (Lipinski definition) is 6. The summed E-state index contributed by atoms with van der Waals surface area (Å²) in [4.78, 5) is 27.1. The van der Waals surface area contributed by atoms with E-state index in [1.165, 1.54) is 19.1 Å². The Morgan fingerprint density at radius 2 is 1.68 bits per heavy atom. The smallest absolute Gasteiger partial charge is 0.410 e. The van der Waals surface area contributed by atoms with E-state index in [9.17, 15) is 14.9 Å². The second-order valence-electron chi connectivity index (χ2n) is 7.96. The highest BCUT2D eigenvalue weighted by Crippen LogP contribution is 2.31. The van der Waals surface area contributed by atoms with E-state index in [0.717, 1.165) is 5.56 Å². The van der Waals surface area contributed by atoms with Crippen LogP contribution in [0.15, 0.2) is 48.5 Å². The Morgan fingerprint density at radius 1 is 1.03 bits per heavy atom. The highest BCUT2D eigenvalue weighted by atomic mass is 16.6. The zero-order valence-electron chi connectivity index (χ0n) is 18.5. The third-order valence-electron chi connectivity index (χ3n) is 4.41. The third-order valence-corrected chi connectivity index (χ3v) is 4.41. The third kappa shape index (κ3) is 6.75. The van der Waals surface area contributed by atoms with Crippen LogP contribution in [-0.4, -0.2) is 43.1 Å². The number of methoxy groups -OCH3 is 2. The first-order chi connectivity index (χ1) is 14.7. The van der Waals surface area contributed by atoms with Gasteiger partial charge >= 0.3 is 6.09 Å². The fraction of sp³-hybridized carbons (Fsp3) is 0.375. The lowest BCUT2D eigenvalue weighted by Gasteiger charge is -2.27. The van der Waals surface area contributed by atoms with Crippen LogP contribution < -0.4 is 9.47 Å². The molecule has 0 aliphatic carbocycles. The largest absolute Gasteiger partial charge is 0.493 e. The number of carbonyl (C=O) groups excluding carboxylic acids is 2. The van der Waals surface area contributed by atoms with Crippen LogP contribution in [0.5, 0.6) is 11.5 Å². The second-order valence-corrected chi connectivity index (χ2v) is 7.96. The van der Waals surface area contributed by atoms with Crippen molar-refractivity contribution in [1.82, 2.24) is 4.90 Å². The lowest BCUT2D eigenvalue weighted by molar-refractivity contribution is -0.120. The zero-order chi connectivity index (χ0) is 23.0. The van der Waals surface area contributed by atoms with E-state index in [0.29, 0.717) is 17.1 Å². The van der Waals surface area contributed by atoms with E-state index in [1.807, 2.05) is 36.4 Å². The first-order valence-electron chi connectivity index (χ1n) is 9.84. The van der Waals surface area contributed by atoms with Crippen molar-refractivity contribution < 1.29 is 23.8 Å². The molecule has 1 atom stereocenters. The molecule has 0 N–H and O–H groups in total. The van der Waals surface area contributed by atoms with Crippen molar-refractivity contribution in [2.45, 2.75) is 38.8 Å². The molecule has 31 heavy (non-hydrogen) atoms. The van der Waals surface area contributed by atoms with E-state index in [-0.39, 0.29) is 13.1 Å². The fourth-order valence-corrected chi connectivity index (χ4v) is 2.96. The summed E-state index contributed by atoms with van der Waals surface area (Å²) in [5.74, 6) is -0.576. The fourth-order valence-electron chi connectivity index (χ4n) is 2.96. The molecule has 0 aliphatic heterocycles. The summed E-state index contributed by atoms with van der Waals surface area (Å²) < 4.78 is 16.0. The first kappa shape index (κ1) is 23.7. The molecule has 0 radical (unpaired) electrons. The Balaban J connectivity index is 2.28. The van der Waals surface area contributed by atoms with Gasteiger partial charge in [-0.2, -0.15) is 5.26 Å². The molecule has 2 aromatic rings. The van der Waals surface area contributed by atoms with E-state index < -0.39 is 23.4 Å². The first-order valence-corrected chi connectivity index (χ1v) is 9.84. The zero-order valence-corrected chi connectivity index (χ0v) is 18.5. The summed E-state index contributed by atoms with van der Waals surface area (Å²) in [6, 6.07) is 16.2. The van der Waals surface area contributed by atoms with Crippen LogP contribution in [0.3, 0.4) is 0 Å². The Bertz CT molecular complexity index is 945. The summed E-state index contributed by atoms with van der Waals surface area (Å²) in [5, 5.41) is 9.69. The SMILES string of the molecule is COc1ccc(C(C#N)C(=O)CN(Cc2ccccc2)C(=O)OC(C)(C)C)cc1OC. The number of ketones is 1. The van der Waals surface area contributed by atoms with Gasteiger partial charge in [0.25, 0.3) is 0 Å². The van der Waals surface area contributed by atoms with Gasteiger partial charge in [-0.15, -0.1) is 0 Å². The summed E-state index contributed by atoms with van der Waals surface area (Å²) in [6.07, 6.45) is -0.617. The molecule has 2 aromatic carbocycles. The minimum atomic E-state index is -1.07. The molecular formula is C24H28N2O5. The van der Waals surface area contributed by atoms with Crippen LogP contribution in [-0.2, 0) is 16.1 Å². The topological polar surface area (TPSA) is 88.9 Å². The molecule has 0 aromatic heterocycles. The Hall–Kier alpha value is -3.53. The van der Waals surface area contributed by atoms with Gasteiger partial charge in [0, 0.05) is 6.54 Å². The van der Waals surface area contributed by atoms with Crippen molar-refractivity contribution in [2.24, 2.45) is 0 Å². The molecule has 0 saturated heterocycles. The van der Waals surface area contributed by atoms with Crippen molar-refractivity contribution in [3.05, 3.63) is 59.7 Å². The average Bonchev–Trinajstić information content (AvgIpc) is 2.73. The molecule has 1 amide bonds. The van der Waals surface area contributed by atoms with Gasteiger partial charge in [-0.3, -0.25) is 9.69 Å². The van der Waals surface area contributed by atoms with Gasteiger partial charge < -0.3 is 14.2 Å². The molecular weight excluding hydrogens is 396 g/mol. The van der Waals surface area contributed by atoms with Gasteiger partial charge in [0.15, 0.2) is 17.3 Å². The molecule has 0 saturated carbocycles. The van der Waals surface area contributed by atoms with Gasteiger partial charge in [-0.25, -0.2) is 4.79 Å². The molecule has 164 valence electrons. The molecule has 7 nitrogen and oxygen atoms in total. The van der Waals surface area contributed by atoms with Crippen LogP contribution >= 0.6 is 0 Å². The summed E-state index contributed by atoms with van der Waals surface area (Å²) in [7, 11) is 2.99. The number of Topliss-reactive ketones (excluding diaryl/α,β-unsaturated/α-hetero) is 1. The van der Waals surface area contributed by atoms with E-state index in [1.54, 1.807) is 39.0 Å². The summed E-state index contributed by atoms with van der Waals surface area (Å²) in [5.41, 5.74) is 0.599. The lowest BCUT2D eigenvalue weighted by Crippen LogP contribution is -2.40. The standard InChI is InChI=1S/C24H28N2O5/c1-24(2,3)31-23(28)26(15-17-9-7-6-8-10-17)16-20(27)19(14-25)18-11-12-21(29-4)22(13-18)30-5/h6-13,19H,15-16H2,1-5H3. The molecule has 0 spiro atoms. The molecule has 0 bridgehead atoms. The van der Waals surface area contributed by atoms with Crippen LogP contribution in [0.4, 0.5) is 4.79 Å². The van der Waals surface area contributed by atoms with Crippen molar-refractivity contribution in [1.29, 1.82) is 5.26 Å². The van der Waals surface area contributed by atoms with Crippen LogP contribution in [0.2, 0.25) is 0 Å². The minimum absolute atomic E-state index is 0.186. The summed E-state index contributed by atoms with van der Waals surface area (Å²) >= 11 is 0. The highest BCUT2D eigenvalue weighted by molar-refractivity contribution is 5.92. The maximum atomic E-state index is 13.1. The number of hydrogen-bond donors (Lipinski definition) is 0. The summed E-state index contributed by atoms with van der Waals surface area (Å²) in [6.45, 7) is 5.20. The second kappa shape index (κ2) is 10.5. The minimum Gasteiger partial charge on any atom is -0.493 e. The monoisotopic (exact) mass is 424 g/mol. The van der Waals surface area contributed by atoms with Crippen LogP contribution in [0.1, 0.15) is 37.8 Å². The predicted molar refractivity (Wildman–Crippen MR) is 116 cm³/mol. The molecule has 0 heterocycles. The van der Waals surface area contributed by atoms with Gasteiger partial charge in [-0.05, 0) is 44.0 Å². The number of rotatable bonds is 8.